The number of hydrogen-bond donors (Lipinski definition) is 1. The lowest BCUT2D eigenvalue weighted by atomic mass is 9.89. The van der Waals surface area contributed by atoms with E-state index in [0.717, 1.165) is 18.4 Å². The molecule has 1 saturated heterocycles. The number of hydrogen-bond acceptors (Lipinski definition) is 2. The summed E-state index contributed by atoms with van der Waals surface area (Å²) in [5.41, 5.74) is 6.43. The molecule has 1 saturated carbocycles. The van der Waals surface area contributed by atoms with Crippen molar-refractivity contribution in [3.63, 3.8) is 0 Å². The van der Waals surface area contributed by atoms with Gasteiger partial charge in [-0.15, -0.1) is 0 Å². The molecule has 2 aliphatic rings. The van der Waals surface area contributed by atoms with Gasteiger partial charge in [-0.1, -0.05) is 13.8 Å². The minimum absolute atomic E-state index is 0.375. The third-order valence-electron chi connectivity index (χ3n) is 4.67. The molecule has 0 bridgehead atoms. The van der Waals surface area contributed by atoms with E-state index >= 15 is 0 Å². The highest BCUT2D eigenvalue weighted by molar-refractivity contribution is 4.99. The summed E-state index contributed by atoms with van der Waals surface area (Å²) < 4.78 is 0. The summed E-state index contributed by atoms with van der Waals surface area (Å²) in [7, 11) is 0. The molecule has 2 heteroatoms. The van der Waals surface area contributed by atoms with E-state index < -0.39 is 0 Å². The number of rotatable bonds is 2. The van der Waals surface area contributed by atoms with Gasteiger partial charge in [-0.3, -0.25) is 4.90 Å². The Labute approximate surface area is 94.2 Å². The second-order valence-electron chi connectivity index (χ2n) is 5.95. The van der Waals surface area contributed by atoms with Crippen LogP contribution in [0.15, 0.2) is 0 Å². The van der Waals surface area contributed by atoms with Crippen LogP contribution in [0, 0.1) is 11.8 Å². The molecular formula is C13H26N2. The predicted molar refractivity (Wildman–Crippen MR) is 64.8 cm³/mol. The van der Waals surface area contributed by atoms with Gasteiger partial charge in [0, 0.05) is 12.1 Å². The summed E-state index contributed by atoms with van der Waals surface area (Å²) in [6.07, 6.45) is 6.78. The first kappa shape index (κ1) is 11.4. The molecule has 15 heavy (non-hydrogen) atoms. The van der Waals surface area contributed by atoms with Gasteiger partial charge in [0.25, 0.3) is 0 Å². The van der Waals surface area contributed by atoms with E-state index in [9.17, 15) is 0 Å². The van der Waals surface area contributed by atoms with Crippen LogP contribution in [0.2, 0.25) is 0 Å². The molecule has 1 aliphatic heterocycles. The maximum atomic E-state index is 6.05. The van der Waals surface area contributed by atoms with Crippen molar-refractivity contribution < 1.29 is 0 Å². The smallest absolute Gasteiger partial charge is 0.0334 e. The van der Waals surface area contributed by atoms with Crippen LogP contribution in [-0.2, 0) is 0 Å². The van der Waals surface area contributed by atoms with Crippen LogP contribution in [0.5, 0.6) is 0 Å². The van der Waals surface area contributed by atoms with Crippen molar-refractivity contribution in [2.45, 2.75) is 51.5 Å². The van der Waals surface area contributed by atoms with E-state index in [-0.39, 0.29) is 0 Å². The van der Waals surface area contributed by atoms with E-state index in [1.54, 1.807) is 0 Å². The average molecular weight is 210 g/mol. The first-order valence-corrected chi connectivity index (χ1v) is 6.61. The van der Waals surface area contributed by atoms with Crippen LogP contribution in [0.4, 0.5) is 0 Å². The molecular weight excluding hydrogens is 184 g/mol. The predicted octanol–water partition coefficient (Wildman–Crippen LogP) is 2.24. The summed E-state index contributed by atoms with van der Waals surface area (Å²) in [5.74, 6) is 1.81. The third-order valence-corrected chi connectivity index (χ3v) is 4.67. The molecule has 88 valence electrons. The number of likely N-dealkylation sites (tertiary alicyclic amines) is 1. The van der Waals surface area contributed by atoms with Gasteiger partial charge in [-0.25, -0.2) is 0 Å². The van der Waals surface area contributed by atoms with E-state index in [4.69, 9.17) is 5.73 Å². The topological polar surface area (TPSA) is 29.3 Å². The lowest BCUT2D eigenvalue weighted by Crippen LogP contribution is -2.54. The van der Waals surface area contributed by atoms with Crippen LogP contribution in [0.25, 0.3) is 0 Å². The molecule has 2 nitrogen and oxygen atoms in total. The summed E-state index contributed by atoms with van der Waals surface area (Å²) in [5, 5.41) is 0. The van der Waals surface area contributed by atoms with Gasteiger partial charge >= 0.3 is 0 Å². The largest absolute Gasteiger partial charge is 0.329 e. The number of nitrogens with zero attached hydrogens (tertiary/aromatic N) is 1. The van der Waals surface area contributed by atoms with Gasteiger partial charge in [0.05, 0.1) is 0 Å². The summed E-state index contributed by atoms with van der Waals surface area (Å²) in [4.78, 5) is 2.70. The standard InChI is InChI=1S/C13H26N2/c1-11-4-7-15(8-5-11)13(10-14)6-3-12(2)9-13/h11-12H,3-10,14H2,1-2H3. The molecule has 2 atom stereocenters. The highest BCUT2D eigenvalue weighted by Crippen LogP contribution is 2.39. The lowest BCUT2D eigenvalue weighted by Gasteiger charge is -2.44. The molecule has 0 amide bonds. The van der Waals surface area contributed by atoms with E-state index in [1.165, 1.54) is 45.2 Å². The Morgan fingerprint density at radius 1 is 1.13 bits per heavy atom. The maximum absolute atomic E-state index is 6.05. The van der Waals surface area contributed by atoms with Crippen molar-refractivity contribution in [1.29, 1.82) is 0 Å². The van der Waals surface area contributed by atoms with Crippen LogP contribution in [0.1, 0.15) is 46.0 Å². The molecule has 0 aromatic heterocycles. The Kier molecular flexibility index (Phi) is 3.36. The van der Waals surface area contributed by atoms with Gasteiger partial charge in [0.2, 0.25) is 0 Å². The number of piperidine rings is 1. The zero-order valence-corrected chi connectivity index (χ0v) is 10.3. The summed E-state index contributed by atoms with van der Waals surface area (Å²) >= 11 is 0. The first-order chi connectivity index (χ1) is 7.16. The summed E-state index contributed by atoms with van der Waals surface area (Å²) in [6, 6.07) is 0. The normalized spacial score (nSPS) is 39.8. The van der Waals surface area contributed by atoms with Gasteiger partial charge in [0.15, 0.2) is 0 Å². The highest BCUT2D eigenvalue weighted by Gasteiger charge is 2.41. The maximum Gasteiger partial charge on any atom is 0.0334 e. The molecule has 1 aliphatic carbocycles. The molecule has 2 fully saturated rings. The fourth-order valence-corrected chi connectivity index (χ4v) is 3.45. The van der Waals surface area contributed by atoms with Crippen molar-refractivity contribution in [2.24, 2.45) is 17.6 Å². The molecule has 0 radical (unpaired) electrons. The van der Waals surface area contributed by atoms with Gasteiger partial charge in [-0.05, 0) is 57.0 Å². The van der Waals surface area contributed by atoms with E-state index in [1.807, 2.05) is 0 Å². The first-order valence-electron chi connectivity index (χ1n) is 6.61. The van der Waals surface area contributed by atoms with Crippen LogP contribution < -0.4 is 5.73 Å². The Morgan fingerprint density at radius 2 is 1.80 bits per heavy atom. The monoisotopic (exact) mass is 210 g/mol. The zero-order chi connectivity index (χ0) is 10.9. The van der Waals surface area contributed by atoms with Crippen LogP contribution in [0.3, 0.4) is 0 Å². The van der Waals surface area contributed by atoms with Crippen molar-refractivity contribution in [3.05, 3.63) is 0 Å². The van der Waals surface area contributed by atoms with Crippen molar-refractivity contribution >= 4 is 0 Å². The van der Waals surface area contributed by atoms with E-state index in [2.05, 4.69) is 18.7 Å². The van der Waals surface area contributed by atoms with Crippen LogP contribution in [-0.4, -0.2) is 30.1 Å². The lowest BCUT2D eigenvalue weighted by molar-refractivity contribution is 0.0596. The van der Waals surface area contributed by atoms with Gasteiger partial charge in [0.1, 0.15) is 0 Å². The number of nitrogens with two attached hydrogens (primary N) is 1. The molecule has 0 aromatic carbocycles. The van der Waals surface area contributed by atoms with Gasteiger partial charge in [-0.2, -0.15) is 0 Å². The Balaban J connectivity index is 2.00. The highest BCUT2D eigenvalue weighted by atomic mass is 15.2. The Morgan fingerprint density at radius 3 is 2.27 bits per heavy atom. The zero-order valence-electron chi connectivity index (χ0n) is 10.3. The Bertz CT molecular complexity index is 209. The van der Waals surface area contributed by atoms with Crippen molar-refractivity contribution in [1.82, 2.24) is 4.90 Å². The fourth-order valence-electron chi connectivity index (χ4n) is 3.45. The van der Waals surface area contributed by atoms with Crippen LogP contribution >= 0.6 is 0 Å². The second-order valence-corrected chi connectivity index (χ2v) is 5.95. The molecule has 0 spiro atoms. The second kappa shape index (κ2) is 4.42. The summed E-state index contributed by atoms with van der Waals surface area (Å²) in [6.45, 7) is 8.19. The quantitative estimate of drug-likeness (QED) is 0.757. The third kappa shape index (κ3) is 2.21. The molecule has 2 N–H and O–H groups in total. The SMILES string of the molecule is CC1CCN(C2(CN)CCC(C)C2)CC1. The molecule has 1 heterocycles. The average Bonchev–Trinajstić information content (AvgIpc) is 2.62. The van der Waals surface area contributed by atoms with Crippen molar-refractivity contribution in [2.75, 3.05) is 19.6 Å². The van der Waals surface area contributed by atoms with Gasteiger partial charge < -0.3 is 5.73 Å². The molecule has 2 unspecified atom stereocenters. The molecule has 2 rings (SSSR count). The van der Waals surface area contributed by atoms with E-state index in [0.29, 0.717) is 5.54 Å². The Hall–Kier alpha value is -0.0800. The minimum Gasteiger partial charge on any atom is -0.329 e. The minimum atomic E-state index is 0.375. The fraction of sp³-hybridized carbons (Fsp3) is 1.00. The van der Waals surface area contributed by atoms with Crippen molar-refractivity contribution in [3.8, 4) is 0 Å². The molecule has 0 aromatic rings.